The van der Waals surface area contributed by atoms with Gasteiger partial charge in [0.1, 0.15) is 11.6 Å². The summed E-state index contributed by atoms with van der Waals surface area (Å²) in [6.45, 7) is 1.76. The van der Waals surface area contributed by atoms with Crippen LogP contribution in [0.5, 0.6) is 0 Å². The standard InChI is InChI=1S/C15H22N2O2/c1-12(19-2)15(18)17-11-7-6-10-14(17)16-13-8-4-3-5-9-13/h6-7,10-13H,3-5,8-9H2,1-2H3. The third kappa shape index (κ3) is 3.53. The Morgan fingerprint density at radius 3 is 2.79 bits per heavy atom. The van der Waals surface area contributed by atoms with Gasteiger partial charge in [0.05, 0.1) is 6.04 Å². The summed E-state index contributed by atoms with van der Waals surface area (Å²) in [5, 5.41) is 0. The van der Waals surface area contributed by atoms with Crippen LogP contribution in [0.2, 0.25) is 0 Å². The number of carbonyl (C=O) groups excluding carboxylic acids is 1. The normalized spacial score (nSPS) is 19.4. The molecule has 4 nitrogen and oxygen atoms in total. The van der Waals surface area contributed by atoms with Crippen LogP contribution in [0.4, 0.5) is 0 Å². The van der Waals surface area contributed by atoms with Gasteiger partial charge in [-0.25, -0.2) is 0 Å². The van der Waals surface area contributed by atoms with Crippen molar-refractivity contribution in [2.45, 2.75) is 51.2 Å². The van der Waals surface area contributed by atoms with E-state index in [0.29, 0.717) is 6.04 Å². The molecule has 2 rings (SSSR count). The Morgan fingerprint density at radius 2 is 2.11 bits per heavy atom. The fraction of sp³-hybridized carbons (Fsp3) is 0.600. The number of hydrogen-bond donors (Lipinski definition) is 0. The van der Waals surface area contributed by atoms with E-state index < -0.39 is 6.10 Å². The predicted octanol–water partition coefficient (Wildman–Crippen LogP) is 2.40. The quantitative estimate of drug-likeness (QED) is 0.839. The second-order valence-corrected chi connectivity index (χ2v) is 5.07. The van der Waals surface area contributed by atoms with E-state index >= 15 is 0 Å². The van der Waals surface area contributed by atoms with E-state index in [2.05, 4.69) is 0 Å². The van der Waals surface area contributed by atoms with Crippen LogP contribution in [0.25, 0.3) is 0 Å². The Morgan fingerprint density at radius 1 is 1.37 bits per heavy atom. The summed E-state index contributed by atoms with van der Waals surface area (Å²) in [5.41, 5.74) is 0.739. The summed E-state index contributed by atoms with van der Waals surface area (Å²) in [7, 11) is 1.55. The van der Waals surface area contributed by atoms with Gasteiger partial charge in [0.15, 0.2) is 0 Å². The van der Waals surface area contributed by atoms with Gasteiger partial charge < -0.3 is 4.74 Å². The van der Waals surface area contributed by atoms with Gasteiger partial charge in [0.25, 0.3) is 5.91 Å². The third-order valence-corrected chi connectivity index (χ3v) is 3.67. The lowest BCUT2D eigenvalue weighted by atomic mass is 9.96. The molecule has 0 saturated heterocycles. The molecule has 104 valence electrons. The third-order valence-electron chi connectivity index (χ3n) is 3.67. The lowest BCUT2D eigenvalue weighted by Crippen LogP contribution is -2.35. The van der Waals surface area contributed by atoms with Gasteiger partial charge in [-0.3, -0.25) is 14.4 Å². The van der Waals surface area contributed by atoms with Crippen LogP contribution < -0.4 is 5.49 Å². The van der Waals surface area contributed by atoms with Crippen molar-refractivity contribution in [1.82, 2.24) is 4.57 Å². The largest absolute Gasteiger partial charge is 0.372 e. The maximum absolute atomic E-state index is 12.2. The van der Waals surface area contributed by atoms with Crippen molar-refractivity contribution < 1.29 is 9.53 Å². The van der Waals surface area contributed by atoms with Crippen LogP contribution in [0, 0.1) is 0 Å². The molecule has 0 N–H and O–H groups in total. The van der Waals surface area contributed by atoms with Crippen molar-refractivity contribution in [2.24, 2.45) is 4.99 Å². The number of carbonyl (C=O) groups is 1. The summed E-state index contributed by atoms with van der Waals surface area (Å²) < 4.78 is 6.70. The van der Waals surface area contributed by atoms with Crippen molar-refractivity contribution in [3.05, 3.63) is 29.9 Å². The zero-order valence-electron chi connectivity index (χ0n) is 11.7. The van der Waals surface area contributed by atoms with Gasteiger partial charge in [0, 0.05) is 13.3 Å². The fourth-order valence-corrected chi connectivity index (χ4v) is 2.42. The first-order valence-electron chi connectivity index (χ1n) is 7.01. The Kier molecular flexibility index (Phi) is 4.91. The fourth-order valence-electron chi connectivity index (χ4n) is 2.42. The molecule has 0 radical (unpaired) electrons. The molecule has 1 heterocycles. The van der Waals surface area contributed by atoms with E-state index in [1.165, 1.54) is 19.3 Å². The second kappa shape index (κ2) is 6.66. The van der Waals surface area contributed by atoms with Crippen LogP contribution in [0.1, 0.15) is 43.8 Å². The minimum atomic E-state index is -0.451. The number of methoxy groups -OCH3 is 1. The molecule has 0 aromatic carbocycles. The van der Waals surface area contributed by atoms with E-state index in [-0.39, 0.29) is 5.91 Å². The van der Waals surface area contributed by atoms with Crippen molar-refractivity contribution in [3.8, 4) is 0 Å². The van der Waals surface area contributed by atoms with Gasteiger partial charge in [-0.1, -0.05) is 25.3 Å². The van der Waals surface area contributed by atoms with E-state index in [1.54, 1.807) is 24.8 Å². The van der Waals surface area contributed by atoms with E-state index in [4.69, 9.17) is 9.73 Å². The topological polar surface area (TPSA) is 43.6 Å². The molecule has 19 heavy (non-hydrogen) atoms. The minimum absolute atomic E-state index is 0.0716. The summed E-state index contributed by atoms with van der Waals surface area (Å²) in [4.78, 5) is 17.0. The molecule has 4 heteroatoms. The lowest BCUT2D eigenvalue weighted by Gasteiger charge is -2.18. The highest BCUT2D eigenvalue weighted by atomic mass is 16.5. The Bertz CT molecular complexity index is 487. The van der Waals surface area contributed by atoms with Gasteiger partial charge >= 0.3 is 0 Å². The summed E-state index contributed by atoms with van der Waals surface area (Å²) >= 11 is 0. The van der Waals surface area contributed by atoms with Gasteiger partial charge in [-0.15, -0.1) is 0 Å². The smallest absolute Gasteiger partial charge is 0.261 e. The maximum atomic E-state index is 12.2. The first-order valence-corrected chi connectivity index (χ1v) is 7.01. The molecule has 0 amide bonds. The molecular formula is C15H22N2O2. The number of aromatic nitrogens is 1. The predicted molar refractivity (Wildman–Crippen MR) is 74.0 cm³/mol. The monoisotopic (exact) mass is 262 g/mol. The molecule has 1 saturated carbocycles. The molecular weight excluding hydrogens is 240 g/mol. The molecule has 1 unspecified atom stereocenters. The number of pyridine rings is 1. The first-order chi connectivity index (χ1) is 9.22. The Hall–Kier alpha value is -1.42. The van der Waals surface area contributed by atoms with E-state index in [0.717, 1.165) is 18.3 Å². The second-order valence-electron chi connectivity index (χ2n) is 5.07. The van der Waals surface area contributed by atoms with E-state index in [9.17, 15) is 4.79 Å². The number of rotatable bonds is 3. The Labute approximate surface area is 114 Å². The number of hydrogen-bond acceptors (Lipinski definition) is 3. The number of ether oxygens (including phenoxy) is 1. The molecule has 0 bridgehead atoms. The molecule has 0 spiro atoms. The highest BCUT2D eigenvalue weighted by Gasteiger charge is 2.15. The molecule has 1 aliphatic rings. The van der Waals surface area contributed by atoms with Crippen LogP contribution in [-0.4, -0.2) is 29.7 Å². The van der Waals surface area contributed by atoms with Crippen molar-refractivity contribution in [3.63, 3.8) is 0 Å². The first kappa shape index (κ1) is 14.0. The van der Waals surface area contributed by atoms with E-state index in [1.807, 2.05) is 18.2 Å². The molecule has 1 fully saturated rings. The zero-order chi connectivity index (χ0) is 13.7. The van der Waals surface area contributed by atoms with Crippen LogP contribution >= 0.6 is 0 Å². The minimum Gasteiger partial charge on any atom is -0.372 e. The van der Waals surface area contributed by atoms with Crippen molar-refractivity contribution in [1.29, 1.82) is 0 Å². The maximum Gasteiger partial charge on any atom is 0.261 e. The molecule has 1 aromatic heterocycles. The van der Waals surface area contributed by atoms with Crippen molar-refractivity contribution >= 4 is 5.91 Å². The molecule has 1 aliphatic carbocycles. The van der Waals surface area contributed by atoms with Crippen LogP contribution in [0.15, 0.2) is 29.4 Å². The zero-order valence-corrected chi connectivity index (χ0v) is 11.7. The van der Waals surface area contributed by atoms with Gasteiger partial charge in [-0.05, 0) is 31.9 Å². The van der Waals surface area contributed by atoms with Crippen LogP contribution in [-0.2, 0) is 4.74 Å². The Balaban J connectivity index is 2.29. The average Bonchev–Trinajstić information content (AvgIpc) is 2.47. The van der Waals surface area contributed by atoms with Crippen molar-refractivity contribution in [2.75, 3.05) is 7.11 Å². The highest BCUT2D eigenvalue weighted by molar-refractivity contribution is 5.82. The highest BCUT2D eigenvalue weighted by Crippen LogP contribution is 2.19. The summed E-state index contributed by atoms with van der Waals surface area (Å²) in [6.07, 6.45) is 7.35. The molecule has 1 aromatic rings. The summed E-state index contributed by atoms with van der Waals surface area (Å²) in [6, 6.07) is 6.02. The van der Waals surface area contributed by atoms with Gasteiger partial charge in [-0.2, -0.15) is 0 Å². The number of nitrogens with zero attached hydrogens (tertiary/aromatic N) is 2. The summed E-state index contributed by atoms with van der Waals surface area (Å²) in [5.74, 6) is -0.0716. The average molecular weight is 262 g/mol. The lowest BCUT2D eigenvalue weighted by molar-refractivity contribution is 0.0559. The molecule has 1 atom stereocenters. The van der Waals surface area contributed by atoms with Crippen LogP contribution in [0.3, 0.4) is 0 Å². The SMILES string of the molecule is COC(C)C(=O)n1ccccc1=NC1CCCCC1. The van der Waals surface area contributed by atoms with Gasteiger partial charge in [0.2, 0.25) is 0 Å². The molecule has 0 aliphatic heterocycles.